The van der Waals surface area contributed by atoms with Crippen LogP contribution in [-0.4, -0.2) is 36.2 Å². The zero-order valence-electron chi connectivity index (χ0n) is 11.0. The highest BCUT2D eigenvalue weighted by atomic mass is 19.1. The number of aromatic hydroxyl groups is 1. The summed E-state index contributed by atoms with van der Waals surface area (Å²) in [7, 11) is 2.13. The highest BCUT2D eigenvalue weighted by molar-refractivity contribution is 5.34. The molecule has 1 saturated heterocycles. The van der Waals surface area contributed by atoms with Crippen LogP contribution in [0.25, 0.3) is 0 Å². The maximum atomic E-state index is 13.2. The molecule has 0 amide bonds. The third kappa shape index (κ3) is 3.00. The van der Waals surface area contributed by atoms with Crippen LogP contribution in [0.3, 0.4) is 0 Å². The summed E-state index contributed by atoms with van der Waals surface area (Å²) in [6.45, 7) is 3.96. The Morgan fingerprint density at radius 3 is 3.00 bits per heavy atom. The van der Waals surface area contributed by atoms with Crippen molar-refractivity contribution in [2.75, 3.05) is 20.1 Å². The van der Waals surface area contributed by atoms with Crippen molar-refractivity contribution in [3.05, 3.63) is 29.6 Å². The number of likely N-dealkylation sites (tertiary alicyclic amines) is 1. The molecule has 0 radical (unpaired) electrons. The maximum absolute atomic E-state index is 13.2. The smallest absolute Gasteiger partial charge is 0.123 e. The summed E-state index contributed by atoms with van der Waals surface area (Å²) < 4.78 is 13.2. The number of nitrogens with one attached hydrogen (secondary N) is 1. The van der Waals surface area contributed by atoms with Crippen molar-refractivity contribution in [2.24, 2.45) is 0 Å². The van der Waals surface area contributed by atoms with Gasteiger partial charge in [0.15, 0.2) is 0 Å². The van der Waals surface area contributed by atoms with E-state index in [1.165, 1.54) is 31.0 Å². The molecule has 0 saturated carbocycles. The number of rotatable bonds is 4. The number of nitrogens with zero attached hydrogens (tertiary/aromatic N) is 1. The zero-order chi connectivity index (χ0) is 13.1. The molecular formula is C14H21FN2O. The first kappa shape index (κ1) is 13.3. The molecule has 0 aliphatic carbocycles. The average molecular weight is 252 g/mol. The molecule has 1 aliphatic heterocycles. The monoisotopic (exact) mass is 252 g/mol. The fourth-order valence-corrected chi connectivity index (χ4v) is 2.53. The van der Waals surface area contributed by atoms with Gasteiger partial charge in [-0.2, -0.15) is 0 Å². The molecule has 18 heavy (non-hydrogen) atoms. The van der Waals surface area contributed by atoms with Crippen molar-refractivity contribution >= 4 is 0 Å². The van der Waals surface area contributed by atoms with E-state index in [-0.39, 0.29) is 17.6 Å². The summed E-state index contributed by atoms with van der Waals surface area (Å²) in [5.74, 6) is -0.161. The van der Waals surface area contributed by atoms with Crippen LogP contribution < -0.4 is 5.32 Å². The van der Waals surface area contributed by atoms with E-state index >= 15 is 0 Å². The molecule has 2 atom stereocenters. The molecule has 2 N–H and O–H groups in total. The fraction of sp³-hybridized carbons (Fsp3) is 0.571. The average Bonchev–Trinajstić information content (AvgIpc) is 2.75. The number of benzene rings is 1. The standard InChI is InChI=1S/C14H21FN2O/c1-10(13-8-11(15)5-6-14(13)18)16-9-12-4-3-7-17(12)2/h5-6,8,10,12,16,18H,3-4,7,9H2,1-2H3. The third-order valence-electron chi connectivity index (χ3n) is 3.79. The van der Waals surface area contributed by atoms with Gasteiger partial charge in [0.1, 0.15) is 11.6 Å². The Morgan fingerprint density at radius 2 is 2.33 bits per heavy atom. The van der Waals surface area contributed by atoms with Crippen LogP contribution in [0.2, 0.25) is 0 Å². The van der Waals surface area contributed by atoms with E-state index < -0.39 is 0 Å². The molecule has 2 rings (SSSR count). The molecule has 3 nitrogen and oxygen atoms in total. The van der Waals surface area contributed by atoms with Crippen molar-refractivity contribution in [3.8, 4) is 5.75 Å². The molecular weight excluding hydrogens is 231 g/mol. The van der Waals surface area contributed by atoms with Gasteiger partial charge in [-0.3, -0.25) is 0 Å². The molecule has 1 aromatic carbocycles. The molecule has 1 heterocycles. The molecule has 1 fully saturated rings. The van der Waals surface area contributed by atoms with Crippen LogP contribution in [0.5, 0.6) is 5.75 Å². The van der Waals surface area contributed by atoms with Gasteiger partial charge < -0.3 is 15.3 Å². The minimum Gasteiger partial charge on any atom is -0.508 e. The van der Waals surface area contributed by atoms with Crippen molar-refractivity contribution in [3.63, 3.8) is 0 Å². The molecule has 1 aliphatic rings. The second-order valence-corrected chi connectivity index (χ2v) is 5.11. The molecule has 0 spiro atoms. The van der Waals surface area contributed by atoms with Gasteiger partial charge in [0.05, 0.1) is 0 Å². The summed E-state index contributed by atoms with van der Waals surface area (Å²) in [5.41, 5.74) is 0.621. The molecule has 0 bridgehead atoms. The Balaban J connectivity index is 1.94. The molecule has 2 unspecified atom stereocenters. The number of phenolic OH excluding ortho intramolecular Hbond substituents is 1. The van der Waals surface area contributed by atoms with E-state index in [1.54, 1.807) is 0 Å². The number of phenols is 1. The quantitative estimate of drug-likeness (QED) is 0.863. The van der Waals surface area contributed by atoms with Gasteiger partial charge in [-0.1, -0.05) is 0 Å². The van der Waals surface area contributed by atoms with Gasteiger partial charge >= 0.3 is 0 Å². The van der Waals surface area contributed by atoms with E-state index in [9.17, 15) is 9.50 Å². The van der Waals surface area contributed by atoms with Gasteiger partial charge in [-0.05, 0) is 51.6 Å². The minimum absolute atomic E-state index is 0.0466. The first-order valence-electron chi connectivity index (χ1n) is 6.50. The summed E-state index contributed by atoms with van der Waals surface area (Å²) in [6.07, 6.45) is 2.44. The lowest BCUT2D eigenvalue weighted by atomic mass is 10.1. The van der Waals surface area contributed by atoms with Crippen molar-refractivity contribution in [2.45, 2.75) is 31.8 Å². The number of likely N-dealkylation sites (N-methyl/N-ethyl adjacent to an activating group) is 1. The first-order chi connectivity index (χ1) is 8.58. The predicted molar refractivity (Wildman–Crippen MR) is 70.1 cm³/mol. The van der Waals surface area contributed by atoms with E-state index in [2.05, 4.69) is 17.3 Å². The lowest BCUT2D eigenvalue weighted by Crippen LogP contribution is -2.36. The molecule has 4 heteroatoms. The van der Waals surface area contributed by atoms with E-state index in [0.717, 1.165) is 13.1 Å². The Morgan fingerprint density at radius 1 is 1.56 bits per heavy atom. The number of halogens is 1. The lowest BCUT2D eigenvalue weighted by molar-refractivity contribution is 0.292. The second kappa shape index (κ2) is 5.67. The summed E-state index contributed by atoms with van der Waals surface area (Å²) in [5, 5.41) is 13.1. The lowest BCUT2D eigenvalue weighted by Gasteiger charge is -2.23. The summed E-state index contributed by atoms with van der Waals surface area (Å²) >= 11 is 0. The topological polar surface area (TPSA) is 35.5 Å². The highest BCUT2D eigenvalue weighted by Crippen LogP contribution is 2.25. The van der Waals surface area contributed by atoms with Crippen molar-refractivity contribution in [1.29, 1.82) is 0 Å². The van der Waals surface area contributed by atoms with Crippen LogP contribution in [-0.2, 0) is 0 Å². The van der Waals surface area contributed by atoms with Gasteiger partial charge in [0, 0.05) is 24.2 Å². The second-order valence-electron chi connectivity index (χ2n) is 5.11. The molecule has 100 valence electrons. The molecule has 1 aromatic rings. The van der Waals surface area contributed by atoms with E-state index in [1.807, 2.05) is 6.92 Å². The highest BCUT2D eigenvalue weighted by Gasteiger charge is 2.21. The maximum Gasteiger partial charge on any atom is 0.123 e. The largest absolute Gasteiger partial charge is 0.508 e. The van der Waals surface area contributed by atoms with Crippen LogP contribution >= 0.6 is 0 Å². The Labute approximate surface area is 108 Å². The minimum atomic E-state index is -0.311. The third-order valence-corrected chi connectivity index (χ3v) is 3.79. The van der Waals surface area contributed by atoms with Crippen LogP contribution in [0.1, 0.15) is 31.4 Å². The van der Waals surface area contributed by atoms with Gasteiger partial charge in [-0.15, -0.1) is 0 Å². The van der Waals surface area contributed by atoms with E-state index in [4.69, 9.17) is 0 Å². The number of hydrogen-bond donors (Lipinski definition) is 2. The summed E-state index contributed by atoms with van der Waals surface area (Å²) in [6, 6.07) is 4.57. The van der Waals surface area contributed by atoms with Crippen LogP contribution in [0.4, 0.5) is 4.39 Å². The van der Waals surface area contributed by atoms with Crippen molar-refractivity contribution < 1.29 is 9.50 Å². The SMILES string of the molecule is CC(NCC1CCCN1C)c1cc(F)ccc1O. The first-order valence-corrected chi connectivity index (χ1v) is 6.50. The van der Waals surface area contributed by atoms with E-state index in [0.29, 0.717) is 11.6 Å². The van der Waals surface area contributed by atoms with Crippen molar-refractivity contribution in [1.82, 2.24) is 10.2 Å². The summed E-state index contributed by atoms with van der Waals surface area (Å²) in [4.78, 5) is 2.34. The fourth-order valence-electron chi connectivity index (χ4n) is 2.53. The van der Waals surface area contributed by atoms with Gasteiger partial charge in [0.25, 0.3) is 0 Å². The number of hydrogen-bond acceptors (Lipinski definition) is 3. The van der Waals surface area contributed by atoms with Crippen LogP contribution in [0.15, 0.2) is 18.2 Å². The predicted octanol–water partition coefficient (Wildman–Crippen LogP) is 2.28. The Kier molecular flexibility index (Phi) is 4.19. The molecule has 0 aromatic heterocycles. The normalized spacial score (nSPS) is 22.3. The zero-order valence-corrected chi connectivity index (χ0v) is 11.0. The van der Waals surface area contributed by atoms with Gasteiger partial charge in [-0.25, -0.2) is 4.39 Å². The Bertz CT molecular complexity index is 411. The Hall–Kier alpha value is -1.13. The van der Waals surface area contributed by atoms with Crippen LogP contribution in [0, 0.1) is 5.82 Å². The van der Waals surface area contributed by atoms with Gasteiger partial charge in [0.2, 0.25) is 0 Å².